The van der Waals surface area contributed by atoms with Gasteiger partial charge < -0.3 is 4.74 Å². The molecule has 2 aliphatic heterocycles. The van der Waals surface area contributed by atoms with Crippen LogP contribution in [0.2, 0.25) is 0 Å². The molecule has 0 radical (unpaired) electrons. The van der Waals surface area contributed by atoms with Crippen molar-refractivity contribution in [3.8, 4) is 0 Å². The molecule has 0 aliphatic carbocycles. The fraction of sp³-hybridized carbons (Fsp3) is 0.714. The van der Waals surface area contributed by atoms with Crippen molar-refractivity contribution in [1.29, 1.82) is 0 Å². The predicted octanol–water partition coefficient (Wildman–Crippen LogP) is 1.28. The molecule has 2 saturated heterocycles. The van der Waals surface area contributed by atoms with Gasteiger partial charge in [-0.3, -0.25) is 4.90 Å². The van der Waals surface area contributed by atoms with E-state index < -0.39 is 10.0 Å². The highest BCUT2D eigenvalue weighted by atomic mass is 32.2. The van der Waals surface area contributed by atoms with Gasteiger partial charge in [-0.25, -0.2) is 13.1 Å². The second-order valence-electron chi connectivity index (χ2n) is 6.24. The van der Waals surface area contributed by atoms with Gasteiger partial charge in [-0.15, -0.1) is 11.3 Å². The summed E-state index contributed by atoms with van der Waals surface area (Å²) >= 11 is 1.80. The quantitative estimate of drug-likeness (QED) is 0.883. The minimum absolute atomic E-state index is 0.0266. The number of hydrogen-bond donors (Lipinski definition) is 1. The van der Waals surface area contributed by atoms with E-state index in [1.54, 1.807) is 11.3 Å². The van der Waals surface area contributed by atoms with Crippen LogP contribution >= 0.6 is 11.3 Å². The zero-order valence-corrected chi connectivity index (χ0v) is 13.9. The Morgan fingerprint density at radius 3 is 2.90 bits per heavy atom. The number of thiophene rings is 1. The van der Waals surface area contributed by atoms with Crippen molar-refractivity contribution in [2.75, 3.05) is 32.5 Å². The SMILES string of the molecule is CS(=O)(=O)NCC1CCC2(CN(Cc3cccs3)C2)OC1. The van der Waals surface area contributed by atoms with E-state index in [1.807, 2.05) is 0 Å². The van der Waals surface area contributed by atoms with Gasteiger partial charge in [0.2, 0.25) is 10.0 Å². The van der Waals surface area contributed by atoms with Crippen LogP contribution in [0.4, 0.5) is 0 Å². The van der Waals surface area contributed by atoms with Crippen LogP contribution in [0.15, 0.2) is 17.5 Å². The summed E-state index contributed by atoms with van der Waals surface area (Å²) in [5, 5.41) is 2.11. The van der Waals surface area contributed by atoms with Crippen LogP contribution in [0.3, 0.4) is 0 Å². The van der Waals surface area contributed by atoms with Crippen LogP contribution in [0.5, 0.6) is 0 Å². The van der Waals surface area contributed by atoms with Crippen LogP contribution in [-0.4, -0.2) is 51.4 Å². The third-order valence-corrected chi connectivity index (χ3v) is 5.80. The first kappa shape index (κ1) is 15.4. The lowest BCUT2D eigenvalue weighted by Gasteiger charge is -2.52. The number of sulfonamides is 1. The summed E-state index contributed by atoms with van der Waals surface area (Å²) < 4.78 is 30.8. The van der Waals surface area contributed by atoms with Crippen LogP contribution in [0, 0.1) is 5.92 Å². The summed E-state index contributed by atoms with van der Waals surface area (Å²) in [5.41, 5.74) is 0.0266. The van der Waals surface area contributed by atoms with E-state index >= 15 is 0 Å². The van der Waals surface area contributed by atoms with Crippen LogP contribution in [0.25, 0.3) is 0 Å². The molecule has 1 atom stereocenters. The van der Waals surface area contributed by atoms with Crippen molar-refractivity contribution in [2.24, 2.45) is 5.92 Å². The lowest BCUT2D eigenvalue weighted by Crippen LogP contribution is -2.64. The predicted molar refractivity (Wildman–Crippen MR) is 83.8 cm³/mol. The average Bonchev–Trinajstić information content (AvgIpc) is 2.88. The van der Waals surface area contributed by atoms with Gasteiger partial charge in [0.25, 0.3) is 0 Å². The monoisotopic (exact) mass is 330 g/mol. The van der Waals surface area contributed by atoms with Crippen molar-refractivity contribution in [3.05, 3.63) is 22.4 Å². The van der Waals surface area contributed by atoms with E-state index in [0.29, 0.717) is 19.1 Å². The largest absolute Gasteiger partial charge is 0.372 e. The molecule has 3 rings (SSSR count). The average molecular weight is 330 g/mol. The summed E-state index contributed by atoms with van der Waals surface area (Å²) in [6.07, 6.45) is 3.27. The molecule has 5 nitrogen and oxygen atoms in total. The number of ether oxygens (including phenoxy) is 1. The molecular formula is C14H22N2O3S2. The fourth-order valence-electron chi connectivity index (χ4n) is 3.10. The van der Waals surface area contributed by atoms with Gasteiger partial charge in [0.15, 0.2) is 0 Å². The molecule has 0 saturated carbocycles. The summed E-state index contributed by atoms with van der Waals surface area (Å²) in [6, 6.07) is 4.26. The van der Waals surface area contributed by atoms with Gasteiger partial charge in [-0.1, -0.05) is 6.07 Å². The molecule has 1 aromatic rings. The highest BCUT2D eigenvalue weighted by Crippen LogP contribution is 2.36. The summed E-state index contributed by atoms with van der Waals surface area (Å²) in [7, 11) is -3.09. The Bertz CT molecular complexity index is 555. The van der Waals surface area contributed by atoms with E-state index in [-0.39, 0.29) is 5.60 Å². The highest BCUT2D eigenvalue weighted by Gasteiger charge is 2.46. The number of rotatable bonds is 5. The fourth-order valence-corrected chi connectivity index (χ4v) is 4.38. The van der Waals surface area contributed by atoms with Gasteiger partial charge in [0.05, 0.1) is 18.5 Å². The molecule has 1 aromatic heterocycles. The summed E-state index contributed by atoms with van der Waals surface area (Å²) in [4.78, 5) is 3.82. The van der Waals surface area contributed by atoms with Crippen LogP contribution in [0.1, 0.15) is 17.7 Å². The van der Waals surface area contributed by atoms with Crippen LogP contribution in [-0.2, 0) is 21.3 Å². The number of likely N-dealkylation sites (tertiary alicyclic amines) is 1. The van der Waals surface area contributed by atoms with Gasteiger partial charge in [0, 0.05) is 31.1 Å². The smallest absolute Gasteiger partial charge is 0.208 e. The lowest BCUT2D eigenvalue weighted by atomic mass is 9.83. The Morgan fingerprint density at radius 2 is 2.33 bits per heavy atom. The van der Waals surface area contributed by atoms with Gasteiger partial charge >= 0.3 is 0 Å². The molecule has 1 unspecified atom stereocenters. The Balaban J connectivity index is 1.41. The Labute approximate surface area is 130 Å². The zero-order valence-electron chi connectivity index (χ0n) is 12.2. The maximum atomic E-state index is 11.1. The second kappa shape index (κ2) is 5.96. The zero-order chi connectivity index (χ0) is 14.9. The molecule has 0 bridgehead atoms. The third-order valence-electron chi connectivity index (χ3n) is 4.25. The van der Waals surface area contributed by atoms with E-state index in [1.165, 1.54) is 11.1 Å². The van der Waals surface area contributed by atoms with Crippen molar-refractivity contribution >= 4 is 21.4 Å². The molecule has 21 heavy (non-hydrogen) atoms. The first-order valence-corrected chi connectivity index (χ1v) is 10.0. The molecule has 1 N–H and O–H groups in total. The van der Waals surface area contributed by atoms with Gasteiger partial charge in [-0.2, -0.15) is 0 Å². The second-order valence-corrected chi connectivity index (χ2v) is 9.11. The summed E-state index contributed by atoms with van der Waals surface area (Å²) in [5.74, 6) is 0.302. The molecule has 1 spiro atoms. The molecule has 2 fully saturated rings. The highest BCUT2D eigenvalue weighted by molar-refractivity contribution is 7.88. The maximum Gasteiger partial charge on any atom is 0.208 e. The molecule has 118 valence electrons. The Morgan fingerprint density at radius 1 is 1.52 bits per heavy atom. The maximum absolute atomic E-state index is 11.1. The minimum Gasteiger partial charge on any atom is -0.372 e. The first-order chi connectivity index (χ1) is 9.94. The van der Waals surface area contributed by atoms with Crippen molar-refractivity contribution in [1.82, 2.24) is 9.62 Å². The Kier molecular flexibility index (Phi) is 4.38. The molecule has 7 heteroatoms. The topological polar surface area (TPSA) is 58.6 Å². The third kappa shape index (κ3) is 4.04. The van der Waals surface area contributed by atoms with Crippen molar-refractivity contribution < 1.29 is 13.2 Å². The molecule has 2 aliphatic rings. The van der Waals surface area contributed by atoms with E-state index in [0.717, 1.165) is 32.5 Å². The van der Waals surface area contributed by atoms with E-state index in [9.17, 15) is 8.42 Å². The number of nitrogens with zero attached hydrogens (tertiary/aromatic N) is 1. The normalized spacial score (nSPS) is 25.9. The molecule has 0 aromatic carbocycles. The number of hydrogen-bond acceptors (Lipinski definition) is 5. The minimum atomic E-state index is -3.09. The molecule has 0 amide bonds. The molecule has 3 heterocycles. The lowest BCUT2D eigenvalue weighted by molar-refractivity contribution is -0.180. The summed E-state index contributed by atoms with van der Waals surface area (Å²) in [6.45, 7) is 4.17. The van der Waals surface area contributed by atoms with Crippen molar-refractivity contribution in [3.63, 3.8) is 0 Å². The van der Waals surface area contributed by atoms with E-state index in [2.05, 4.69) is 27.1 Å². The van der Waals surface area contributed by atoms with Crippen LogP contribution < -0.4 is 4.72 Å². The van der Waals surface area contributed by atoms with Gasteiger partial charge in [-0.05, 0) is 30.2 Å². The standard InChI is InChI=1S/C14H22N2O3S2/c1-21(17,18)15-7-12-4-5-14(19-9-12)10-16(11-14)8-13-3-2-6-20-13/h2-3,6,12,15H,4-5,7-11H2,1H3. The van der Waals surface area contributed by atoms with E-state index in [4.69, 9.17) is 4.74 Å². The van der Waals surface area contributed by atoms with Crippen molar-refractivity contribution in [2.45, 2.75) is 25.0 Å². The molecular weight excluding hydrogens is 308 g/mol. The first-order valence-electron chi connectivity index (χ1n) is 7.27. The number of nitrogens with one attached hydrogen (secondary N) is 1. The van der Waals surface area contributed by atoms with Gasteiger partial charge in [0.1, 0.15) is 0 Å². The Hall–Kier alpha value is -0.470.